The van der Waals surface area contributed by atoms with Crippen molar-refractivity contribution in [2.24, 2.45) is 5.92 Å². The van der Waals surface area contributed by atoms with E-state index in [1.165, 1.54) is 0 Å². The summed E-state index contributed by atoms with van der Waals surface area (Å²) < 4.78 is 5.25. The molecule has 0 spiro atoms. The number of esters is 1. The number of rotatable bonds is 2. The first-order valence-corrected chi connectivity index (χ1v) is 5.42. The van der Waals surface area contributed by atoms with Crippen molar-refractivity contribution in [3.8, 4) is 0 Å². The van der Waals surface area contributed by atoms with E-state index in [1.54, 1.807) is 27.7 Å². The van der Waals surface area contributed by atoms with E-state index in [1.807, 2.05) is 0 Å². The average molecular weight is 229 g/mol. The van der Waals surface area contributed by atoms with Gasteiger partial charge in [-0.3, -0.25) is 9.59 Å². The fraction of sp³-hybridized carbons (Fsp3) is 0.818. The molecule has 5 heteroatoms. The highest BCUT2D eigenvalue weighted by atomic mass is 16.6. The van der Waals surface area contributed by atoms with E-state index in [2.05, 4.69) is 5.32 Å². The van der Waals surface area contributed by atoms with E-state index in [4.69, 9.17) is 9.84 Å². The van der Waals surface area contributed by atoms with Gasteiger partial charge in [-0.05, 0) is 34.1 Å². The van der Waals surface area contributed by atoms with Gasteiger partial charge in [0.15, 0.2) is 0 Å². The van der Waals surface area contributed by atoms with Crippen LogP contribution in [0.15, 0.2) is 0 Å². The van der Waals surface area contributed by atoms with E-state index < -0.39 is 17.6 Å². The second kappa shape index (κ2) is 4.41. The Labute approximate surface area is 95.2 Å². The van der Waals surface area contributed by atoms with Gasteiger partial charge in [0, 0.05) is 6.04 Å². The Bertz CT molecular complexity index is 295. The number of hydrogen-bond acceptors (Lipinski definition) is 4. The lowest BCUT2D eigenvalue weighted by atomic mass is 10.00. The van der Waals surface area contributed by atoms with Crippen LogP contribution in [-0.2, 0) is 14.3 Å². The summed E-state index contributed by atoms with van der Waals surface area (Å²) in [6, 6.07) is -0.802. The molecule has 1 unspecified atom stereocenters. The van der Waals surface area contributed by atoms with E-state index in [9.17, 15) is 9.59 Å². The molecule has 1 aliphatic rings. The van der Waals surface area contributed by atoms with Gasteiger partial charge in [0.2, 0.25) is 0 Å². The zero-order valence-electron chi connectivity index (χ0n) is 10.1. The molecule has 5 nitrogen and oxygen atoms in total. The van der Waals surface area contributed by atoms with Gasteiger partial charge in [-0.2, -0.15) is 0 Å². The van der Waals surface area contributed by atoms with E-state index in [0.29, 0.717) is 6.42 Å². The minimum atomic E-state index is -0.919. The maximum absolute atomic E-state index is 11.8. The Morgan fingerprint density at radius 2 is 1.94 bits per heavy atom. The van der Waals surface area contributed by atoms with Gasteiger partial charge in [0.25, 0.3) is 0 Å². The van der Waals surface area contributed by atoms with E-state index in [0.717, 1.165) is 0 Å². The molecule has 0 radical (unpaired) electrons. The van der Waals surface area contributed by atoms with Gasteiger partial charge < -0.3 is 15.2 Å². The van der Waals surface area contributed by atoms with Gasteiger partial charge in [-0.15, -0.1) is 0 Å². The first-order valence-electron chi connectivity index (χ1n) is 5.42. The summed E-state index contributed by atoms with van der Waals surface area (Å²) in [6.45, 7) is 7.20. The number of carboxylic acid groups (broad SMARTS) is 1. The standard InChI is InChI=1S/C11H19NO4/c1-6-7(5-8(12-6)9(13)14)10(15)16-11(2,3)4/h6-8,12H,5H2,1-4H3,(H,13,14)/t6?,7-,8-/m0/s1. The lowest BCUT2D eigenvalue weighted by Crippen LogP contribution is -2.36. The Morgan fingerprint density at radius 1 is 1.38 bits per heavy atom. The summed E-state index contributed by atoms with van der Waals surface area (Å²) in [4.78, 5) is 22.6. The van der Waals surface area contributed by atoms with Crippen LogP contribution in [0.5, 0.6) is 0 Å². The lowest BCUT2D eigenvalue weighted by Gasteiger charge is -2.23. The van der Waals surface area contributed by atoms with Crippen molar-refractivity contribution in [2.75, 3.05) is 0 Å². The average Bonchev–Trinajstić information content (AvgIpc) is 2.44. The first kappa shape index (κ1) is 13.0. The summed E-state index contributed by atoms with van der Waals surface area (Å²) in [6.07, 6.45) is 0.297. The summed E-state index contributed by atoms with van der Waals surface area (Å²) in [7, 11) is 0. The van der Waals surface area contributed by atoms with Gasteiger partial charge in [0.05, 0.1) is 5.92 Å². The molecule has 0 aromatic carbocycles. The topological polar surface area (TPSA) is 75.6 Å². The third kappa shape index (κ3) is 3.20. The van der Waals surface area contributed by atoms with Gasteiger partial charge in [0.1, 0.15) is 11.6 Å². The largest absolute Gasteiger partial charge is 0.480 e. The molecule has 16 heavy (non-hydrogen) atoms. The number of nitrogens with one attached hydrogen (secondary N) is 1. The van der Waals surface area contributed by atoms with Crippen LogP contribution in [0.2, 0.25) is 0 Å². The molecule has 2 N–H and O–H groups in total. The van der Waals surface area contributed by atoms with Crippen molar-refractivity contribution in [1.29, 1.82) is 0 Å². The van der Waals surface area contributed by atoms with Gasteiger partial charge in [-0.1, -0.05) is 0 Å². The van der Waals surface area contributed by atoms with Crippen molar-refractivity contribution in [3.63, 3.8) is 0 Å². The zero-order valence-corrected chi connectivity index (χ0v) is 10.1. The van der Waals surface area contributed by atoms with Crippen LogP contribution in [0.3, 0.4) is 0 Å². The molecule has 1 heterocycles. The molecule has 1 rings (SSSR count). The van der Waals surface area contributed by atoms with Crippen LogP contribution in [0.4, 0.5) is 0 Å². The SMILES string of the molecule is CC1N[C@H](C(=O)O)C[C@@H]1C(=O)OC(C)(C)C. The van der Waals surface area contributed by atoms with Crippen molar-refractivity contribution in [1.82, 2.24) is 5.32 Å². The smallest absolute Gasteiger partial charge is 0.320 e. The number of carbonyl (C=O) groups excluding carboxylic acids is 1. The molecule has 92 valence electrons. The number of hydrogen-bond donors (Lipinski definition) is 2. The molecule has 0 aromatic heterocycles. The normalized spacial score (nSPS) is 30.1. The second-order valence-electron chi connectivity index (χ2n) is 5.22. The van der Waals surface area contributed by atoms with Crippen LogP contribution in [0.25, 0.3) is 0 Å². The molecule has 1 aliphatic heterocycles. The first-order chi connectivity index (χ1) is 7.20. The quantitative estimate of drug-likeness (QED) is 0.684. The van der Waals surface area contributed by atoms with Gasteiger partial charge in [-0.25, -0.2) is 0 Å². The fourth-order valence-electron chi connectivity index (χ4n) is 1.81. The third-order valence-electron chi connectivity index (χ3n) is 2.56. The van der Waals surface area contributed by atoms with Crippen molar-refractivity contribution < 1.29 is 19.4 Å². The minimum absolute atomic E-state index is 0.157. The summed E-state index contributed by atoms with van der Waals surface area (Å²) >= 11 is 0. The Hall–Kier alpha value is -1.10. The summed E-state index contributed by atoms with van der Waals surface area (Å²) in [5.41, 5.74) is -0.530. The van der Waals surface area contributed by atoms with Crippen LogP contribution in [-0.4, -0.2) is 34.7 Å². The van der Waals surface area contributed by atoms with E-state index in [-0.39, 0.29) is 17.9 Å². The maximum atomic E-state index is 11.8. The molecule has 0 aliphatic carbocycles. The highest BCUT2D eigenvalue weighted by Gasteiger charge is 2.40. The molecule has 0 saturated carbocycles. The van der Waals surface area contributed by atoms with Crippen LogP contribution < -0.4 is 5.32 Å². The molecule has 1 fully saturated rings. The van der Waals surface area contributed by atoms with Crippen molar-refractivity contribution in [2.45, 2.75) is 51.8 Å². The molecule has 0 bridgehead atoms. The fourth-order valence-corrected chi connectivity index (χ4v) is 1.81. The Morgan fingerprint density at radius 3 is 2.31 bits per heavy atom. The number of ether oxygens (including phenoxy) is 1. The van der Waals surface area contributed by atoms with Crippen LogP contribution >= 0.6 is 0 Å². The second-order valence-corrected chi connectivity index (χ2v) is 5.22. The summed E-state index contributed by atoms with van der Waals surface area (Å²) in [5.74, 6) is -1.62. The molecule has 0 aromatic rings. The maximum Gasteiger partial charge on any atom is 0.320 e. The van der Waals surface area contributed by atoms with Gasteiger partial charge >= 0.3 is 11.9 Å². The Kier molecular flexibility index (Phi) is 3.57. The van der Waals surface area contributed by atoms with Crippen LogP contribution in [0.1, 0.15) is 34.1 Å². The predicted molar refractivity (Wildman–Crippen MR) is 58.0 cm³/mol. The third-order valence-corrected chi connectivity index (χ3v) is 2.56. The highest BCUT2D eigenvalue weighted by Crippen LogP contribution is 2.24. The molecule has 1 saturated heterocycles. The highest BCUT2D eigenvalue weighted by molar-refractivity contribution is 5.79. The van der Waals surface area contributed by atoms with Crippen molar-refractivity contribution >= 4 is 11.9 Å². The van der Waals surface area contributed by atoms with Crippen LogP contribution in [0, 0.1) is 5.92 Å². The molecular weight excluding hydrogens is 210 g/mol. The Balaban J connectivity index is 2.61. The minimum Gasteiger partial charge on any atom is -0.480 e. The lowest BCUT2D eigenvalue weighted by molar-refractivity contribution is -0.160. The number of aliphatic carboxylic acids is 1. The monoisotopic (exact) mass is 229 g/mol. The zero-order chi connectivity index (χ0) is 12.5. The molecule has 0 amide bonds. The van der Waals surface area contributed by atoms with E-state index >= 15 is 0 Å². The molecular formula is C11H19NO4. The summed E-state index contributed by atoms with van der Waals surface area (Å²) in [5, 5.41) is 11.7. The predicted octanol–water partition coefficient (Wildman–Crippen LogP) is 0.779. The van der Waals surface area contributed by atoms with Crippen molar-refractivity contribution in [3.05, 3.63) is 0 Å². The number of carboxylic acids is 1. The number of carbonyl (C=O) groups is 2. The molecule has 3 atom stereocenters.